The molecule has 0 saturated heterocycles. The predicted molar refractivity (Wildman–Crippen MR) is 95.4 cm³/mol. The van der Waals surface area contributed by atoms with Gasteiger partial charge in [-0.1, -0.05) is 28.1 Å². The summed E-state index contributed by atoms with van der Waals surface area (Å²) in [6.45, 7) is 0. The zero-order valence-electron chi connectivity index (χ0n) is 14.0. The number of Topliss-reactive ketones (excluding diaryl/α,β-unsaturated/α-hetero) is 1. The first-order chi connectivity index (χ1) is 12.0. The summed E-state index contributed by atoms with van der Waals surface area (Å²) >= 11 is 3.40. The summed E-state index contributed by atoms with van der Waals surface area (Å²) in [5.74, 6) is -1.24. The van der Waals surface area contributed by atoms with E-state index in [0.29, 0.717) is 22.6 Å². The number of hydrogen-bond donors (Lipinski definition) is 0. The topological polar surface area (TPSA) is 61.8 Å². The highest BCUT2D eigenvalue weighted by atomic mass is 79.9. The molecule has 0 aliphatic heterocycles. The van der Waals surface area contributed by atoms with E-state index in [4.69, 9.17) is 14.2 Å². The monoisotopic (exact) mass is 404 g/mol. The summed E-state index contributed by atoms with van der Waals surface area (Å²) < 4.78 is 16.6. The fourth-order valence-corrected chi connectivity index (χ4v) is 3.56. The number of ketones is 1. The fraction of sp³-hybridized carbons (Fsp3) is 0.263. The average Bonchev–Trinajstić information content (AvgIpc) is 2.93. The van der Waals surface area contributed by atoms with Crippen LogP contribution in [0.5, 0.6) is 11.5 Å². The van der Waals surface area contributed by atoms with E-state index < -0.39 is 17.8 Å². The molecule has 2 aromatic rings. The van der Waals surface area contributed by atoms with Crippen LogP contribution >= 0.6 is 15.9 Å². The third-order valence-corrected chi connectivity index (χ3v) is 4.98. The summed E-state index contributed by atoms with van der Waals surface area (Å²) in [6.07, 6.45) is 0. The van der Waals surface area contributed by atoms with Crippen molar-refractivity contribution in [2.24, 2.45) is 5.92 Å². The highest BCUT2D eigenvalue weighted by Gasteiger charge is 2.47. The van der Waals surface area contributed by atoms with Crippen molar-refractivity contribution in [3.63, 3.8) is 0 Å². The van der Waals surface area contributed by atoms with Gasteiger partial charge in [0.05, 0.1) is 21.3 Å². The second-order valence-corrected chi connectivity index (χ2v) is 6.60. The lowest BCUT2D eigenvalue weighted by atomic mass is 9.85. The number of rotatable bonds is 4. The molecule has 0 bridgehead atoms. The molecule has 0 heterocycles. The normalized spacial score (nSPS) is 18.6. The Labute approximate surface area is 154 Å². The maximum atomic E-state index is 13.0. The molecule has 0 amide bonds. The van der Waals surface area contributed by atoms with Crippen molar-refractivity contribution < 1.29 is 23.8 Å². The first-order valence-corrected chi connectivity index (χ1v) is 8.44. The number of methoxy groups -OCH3 is 3. The molecule has 0 aromatic heterocycles. The summed E-state index contributed by atoms with van der Waals surface area (Å²) in [5, 5.41) is 0. The molecule has 2 aromatic carbocycles. The zero-order valence-corrected chi connectivity index (χ0v) is 15.6. The minimum Gasteiger partial charge on any atom is -0.497 e. The van der Waals surface area contributed by atoms with Crippen LogP contribution in [0.25, 0.3) is 0 Å². The third-order valence-electron chi connectivity index (χ3n) is 4.45. The minimum absolute atomic E-state index is 0.285. The van der Waals surface area contributed by atoms with Crippen LogP contribution in [-0.2, 0) is 9.53 Å². The molecule has 0 saturated carbocycles. The van der Waals surface area contributed by atoms with E-state index in [-0.39, 0.29) is 5.78 Å². The van der Waals surface area contributed by atoms with Crippen LogP contribution < -0.4 is 9.47 Å². The summed E-state index contributed by atoms with van der Waals surface area (Å²) in [5.41, 5.74) is 1.96. The minimum atomic E-state index is -0.942. The standard InChI is InChI=1S/C19H17BrO5/c1-23-12-8-13-16(14(9-12)24-2)15(10-4-6-11(20)7-5-10)17(18(13)21)19(22)25-3/h4-9,15,17H,1-3H3/t15-,17+/m0/s1. The molecule has 3 rings (SSSR count). The van der Waals surface area contributed by atoms with Crippen LogP contribution in [0.4, 0.5) is 0 Å². The lowest BCUT2D eigenvalue weighted by Gasteiger charge is -2.20. The van der Waals surface area contributed by atoms with Crippen molar-refractivity contribution in [2.75, 3.05) is 21.3 Å². The van der Waals surface area contributed by atoms with Gasteiger partial charge in [-0.3, -0.25) is 9.59 Å². The van der Waals surface area contributed by atoms with Gasteiger partial charge < -0.3 is 14.2 Å². The van der Waals surface area contributed by atoms with Crippen LogP contribution in [0.15, 0.2) is 40.9 Å². The average molecular weight is 405 g/mol. The van der Waals surface area contributed by atoms with Gasteiger partial charge in [0.1, 0.15) is 17.4 Å². The van der Waals surface area contributed by atoms with Crippen LogP contribution in [0.2, 0.25) is 0 Å². The summed E-state index contributed by atoms with van der Waals surface area (Å²) in [4.78, 5) is 25.3. The molecule has 0 unspecified atom stereocenters. The molecule has 0 spiro atoms. The van der Waals surface area contributed by atoms with Gasteiger partial charge in [-0.25, -0.2) is 0 Å². The fourth-order valence-electron chi connectivity index (χ4n) is 3.30. The first kappa shape index (κ1) is 17.5. The Balaban J connectivity index is 2.25. The maximum Gasteiger partial charge on any atom is 0.317 e. The van der Waals surface area contributed by atoms with Gasteiger partial charge in [-0.15, -0.1) is 0 Å². The van der Waals surface area contributed by atoms with Crippen molar-refractivity contribution in [1.29, 1.82) is 0 Å². The van der Waals surface area contributed by atoms with Gasteiger partial charge in [0.2, 0.25) is 0 Å². The molecule has 2 atom stereocenters. The molecule has 0 fully saturated rings. The van der Waals surface area contributed by atoms with Crippen molar-refractivity contribution in [2.45, 2.75) is 5.92 Å². The maximum absolute atomic E-state index is 13.0. The number of carbonyl (C=O) groups excluding carboxylic acids is 2. The highest BCUT2D eigenvalue weighted by Crippen LogP contribution is 2.48. The molecular weight excluding hydrogens is 388 g/mol. The molecule has 0 N–H and O–H groups in total. The van der Waals surface area contributed by atoms with Gasteiger partial charge in [0, 0.05) is 27.6 Å². The number of halogens is 1. The van der Waals surface area contributed by atoms with Gasteiger partial charge in [0.15, 0.2) is 5.78 Å². The van der Waals surface area contributed by atoms with Gasteiger partial charge in [0.25, 0.3) is 0 Å². The third kappa shape index (κ3) is 2.91. The number of hydrogen-bond acceptors (Lipinski definition) is 5. The Morgan fingerprint density at radius 3 is 2.28 bits per heavy atom. The molecule has 6 heteroatoms. The molecule has 1 aliphatic rings. The number of benzene rings is 2. The van der Waals surface area contributed by atoms with E-state index in [1.165, 1.54) is 21.3 Å². The molecule has 0 radical (unpaired) electrons. The van der Waals surface area contributed by atoms with Crippen molar-refractivity contribution >= 4 is 27.7 Å². The second-order valence-electron chi connectivity index (χ2n) is 5.69. The van der Waals surface area contributed by atoms with Gasteiger partial charge in [-0.05, 0) is 23.8 Å². The van der Waals surface area contributed by atoms with Crippen molar-refractivity contribution in [3.05, 3.63) is 57.6 Å². The Hall–Kier alpha value is -2.34. The lowest BCUT2D eigenvalue weighted by Crippen LogP contribution is -2.26. The van der Waals surface area contributed by atoms with Crippen molar-refractivity contribution in [1.82, 2.24) is 0 Å². The smallest absolute Gasteiger partial charge is 0.317 e. The van der Waals surface area contributed by atoms with E-state index in [2.05, 4.69) is 15.9 Å². The van der Waals surface area contributed by atoms with E-state index in [1.807, 2.05) is 24.3 Å². The SMILES string of the molecule is COC(=O)[C@H]1C(=O)c2cc(OC)cc(OC)c2[C@@H]1c1ccc(Br)cc1. The molecule has 5 nitrogen and oxygen atoms in total. The summed E-state index contributed by atoms with van der Waals surface area (Å²) in [6, 6.07) is 10.9. The first-order valence-electron chi connectivity index (χ1n) is 7.65. The Bertz CT molecular complexity index is 828. The number of carbonyl (C=O) groups is 2. The van der Waals surface area contributed by atoms with E-state index in [0.717, 1.165) is 10.0 Å². The van der Waals surface area contributed by atoms with Crippen LogP contribution in [0, 0.1) is 5.92 Å². The largest absolute Gasteiger partial charge is 0.497 e. The Kier molecular flexibility index (Phi) is 4.81. The van der Waals surface area contributed by atoms with E-state index in [9.17, 15) is 9.59 Å². The van der Waals surface area contributed by atoms with Crippen LogP contribution in [-0.4, -0.2) is 33.1 Å². The zero-order chi connectivity index (χ0) is 18.1. The van der Waals surface area contributed by atoms with E-state index in [1.54, 1.807) is 12.1 Å². The Morgan fingerprint density at radius 2 is 1.72 bits per heavy atom. The van der Waals surface area contributed by atoms with Gasteiger partial charge >= 0.3 is 5.97 Å². The second kappa shape index (κ2) is 6.88. The molecule has 25 heavy (non-hydrogen) atoms. The molecule has 130 valence electrons. The predicted octanol–water partition coefficient (Wildman–Crippen LogP) is 3.58. The number of esters is 1. The van der Waals surface area contributed by atoms with E-state index >= 15 is 0 Å². The number of fused-ring (bicyclic) bond motifs is 1. The van der Waals surface area contributed by atoms with Crippen LogP contribution in [0.1, 0.15) is 27.4 Å². The highest BCUT2D eigenvalue weighted by molar-refractivity contribution is 9.10. The summed E-state index contributed by atoms with van der Waals surface area (Å²) in [7, 11) is 4.34. The number of ether oxygens (including phenoxy) is 3. The molecular formula is C19H17BrO5. The quantitative estimate of drug-likeness (QED) is 0.575. The molecule has 1 aliphatic carbocycles. The Morgan fingerprint density at radius 1 is 1.04 bits per heavy atom. The van der Waals surface area contributed by atoms with Gasteiger partial charge in [-0.2, -0.15) is 0 Å². The van der Waals surface area contributed by atoms with Crippen LogP contribution in [0.3, 0.4) is 0 Å². The van der Waals surface area contributed by atoms with Crippen molar-refractivity contribution in [3.8, 4) is 11.5 Å². The lowest BCUT2D eigenvalue weighted by molar-refractivity contribution is -0.143.